The molecule has 0 bridgehead atoms. The largest absolute Gasteiger partial charge is 0.380 e. The second-order valence-corrected chi connectivity index (χ2v) is 8.43. The Labute approximate surface area is 188 Å². The maximum Gasteiger partial charge on any atom is 0.246 e. The SMILES string of the molecule is C=C/C=C\C(=O)N(C)CCNC(=O)CCOCCSCCOCCSCCNC=O. The second-order valence-electron chi connectivity index (χ2n) is 5.98. The third kappa shape index (κ3) is 19.8. The molecule has 0 spiro atoms. The number of likely N-dealkylation sites (N-methyl/N-ethyl adjacent to an activating group) is 1. The van der Waals surface area contributed by atoms with E-state index in [0.717, 1.165) is 23.0 Å². The Morgan fingerprint density at radius 2 is 1.63 bits per heavy atom. The number of allylic oxidation sites excluding steroid dienone is 2. The Kier molecular flexibility index (Phi) is 21.1. The average Bonchev–Trinajstić information content (AvgIpc) is 2.74. The van der Waals surface area contributed by atoms with Crippen LogP contribution in [0, 0.1) is 0 Å². The monoisotopic (exact) mass is 461 g/mol. The van der Waals surface area contributed by atoms with Crippen molar-refractivity contribution in [2.75, 3.05) is 76.1 Å². The van der Waals surface area contributed by atoms with E-state index < -0.39 is 0 Å². The molecule has 0 saturated heterocycles. The Morgan fingerprint density at radius 3 is 2.27 bits per heavy atom. The Morgan fingerprint density at radius 1 is 1.00 bits per heavy atom. The van der Waals surface area contributed by atoms with Gasteiger partial charge < -0.3 is 25.0 Å². The maximum absolute atomic E-state index is 11.7. The molecule has 0 aliphatic heterocycles. The lowest BCUT2D eigenvalue weighted by Crippen LogP contribution is -2.35. The number of carbonyl (C=O) groups excluding carboxylic acids is 3. The van der Waals surface area contributed by atoms with Gasteiger partial charge in [0.1, 0.15) is 0 Å². The minimum absolute atomic E-state index is 0.0849. The van der Waals surface area contributed by atoms with Gasteiger partial charge in [0.2, 0.25) is 18.2 Å². The van der Waals surface area contributed by atoms with Gasteiger partial charge in [0.05, 0.1) is 26.4 Å². The van der Waals surface area contributed by atoms with E-state index >= 15 is 0 Å². The number of thioether (sulfide) groups is 2. The highest BCUT2D eigenvalue weighted by molar-refractivity contribution is 7.99. The molecule has 10 heteroatoms. The van der Waals surface area contributed by atoms with E-state index in [9.17, 15) is 14.4 Å². The molecule has 3 amide bonds. The molecule has 0 rings (SSSR count). The molecule has 0 aromatic heterocycles. The van der Waals surface area contributed by atoms with Crippen molar-refractivity contribution in [3.8, 4) is 0 Å². The van der Waals surface area contributed by atoms with Crippen LogP contribution in [0.4, 0.5) is 0 Å². The zero-order chi connectivity index (χ0) is 22.3. The molecule has 0 aliphatic rings. The van der Waals surface area contributed by atoms with Gasteiger partial charge >= 0.3 is 0 Å². The highest BCUT2D eigenvalue weighted by Crippen LogP contribution is 2.01. The normalized spacial score (nSPS) is 10.7. The highest BCUT2D eigenvalue weighted by atomic mass is 32.2. The van der Waals surface area contributed by atoms with Crippen LogP contribution < -0.4 is 10.6 Å². The zero-order valence-electron chi connectivity index (χ0n) is 17.8. The Balaban J connectivity index is 3.35. The van der Waals surface area contributed by atoms with Crippen LogP contribution in [0.3, 0.4) is 0 Å². The predicted octanol–water partition coefficient (Wildman–Crippen LogP) is 0.939. The summed E-state index contributed by atoms with van der Waals surface area (Å²) in [7, 11) is 1.68. The molecule has 8 nitrogen and oxygen atoms in total. The Hall–Kier alpha value is -1.49. The molecule has 0 fully saturated rings. The minimum atomic E-state index is -0.127. The fraction of sp³-hybridized carbons (Fsp3) is 0.650. The van der Waals surface area contributed by atoms with Crippen LogP contribution in [0.25, 0.3) is 0 Å². The summed E-state index contributed by atoms with van der Waals surface area (Å²) in [5.41, 5.74) is 0. The third-order valence-electron chi connectivity index (χ3n) is 3.58. The smallest absolute Gasteiger partial charge is 0.246 e. The van der Waals surface area contributed by atoms with E-state index in [0.29, 0.717) is 58.9 Å². The standard InChI is InChI=1S/C20H35N3O5S2/c1-3-4-5-20(26)23(2)9-7-22-19(25)6-10-27-11-16-30-17-13-28-12-15-29-14-8-21-18-24/h3-5,18H,1,6-17H2,2H3,(H,21,24)(H,22,25)/b5-4-. The first-order valence-electron chi connectivity index (χ1n) is 9.90. The molecule has 0 radical (unpaired) electrons. The first-order chi connectivity index (χ1) is 14.6. The molecule has 0 unspecified atom stereocenters. The molecule has 0 aliphatic carbocycles. The number of ether oxygens (including phenoxy) is 2. The second kappa shape index (κ2) is 22.2. The van der Waals surface area contributed by atoms with Crippen molar-refractivity contribution < 1.29 is 23.9 Å². The number of nitrogens with one attached hydrogen (secondary N) is 2. The number of hydrogen-bond acceptors (Lipinski definition) is 7. The number of hydrogen-bond donors (Lipinski definition) is 2. The van der Waals surface area contributed by atoms with Gasteiger partial charge in [-0.2, -0.15) is 23.5 Å². The van der Waals surface area contributed by atoms with Crippen molar-refractivity contribution in [3.63, 3.8) is 0 Å². The highest BCUT2D eigenvalue weighted by Gasteiger charge is 2.05. The molecular weight excluding hydrogens is 426 g/mol. The summed E-state index contributed by atoms with van der Waals surface area (Å²) in [4.78, 5) is 35.0. The molecule has 0 aromatic rings. The Bertz CT molecular complexity index is 507. The molecule has 0 atom stereocenters. The minimum Gasteiger partial charge on any atom is -0.380 e. The molecule has 0 saturated carbocycles. The van der Waals surface area contributed by atoms with E-state index in [1.165, 1.54) is 11.0 Å². The van der Waals surface area contributed by atoms with Crippen LogP contribution >= 0.6 is 23.5 Å². The van der Waals surface area contributed by atoms with Crippen LogP contribution in [-0.2, 0) is 23.9 Å². The summed E-state index contributed by atoms with van der Waals surface area (Å²) in [5, 5.41) is 5.39. The van der Waals surface area contributed by atoms with Crippen molar-refractivity contribution in [1.82, 2.24) is 15.5 Å². The van der Waals surface area contributed by atoms with Crippen LogP contribution in [0.5, 0.6) is 0 Å². The molecule has 0 aromatic carbocycles. The summed E-state index contributed by atoms with van der Waals surface area (Å²) in [6, 6.07) is 0. The molecule has 172 valence electrons. The number of carbonyl (C=O) groups is 3. The van der Waals surface area contributed by atoms with Gasteiger partial charge in [-0.3, -0.25) is 14.4 Å². The first kappa shape index (κ1) is 28.5. The van der Waals surface area contributed by atoms with Crippen LogP contribution in [0.1, 0.15) is 6.42 Å². The fourth-order valence-corrected chi connectivity index (χ4v) is 3.33. The van der Waals surface area contributed by atoms with Gasteiger partial charge in [-0.05, 0) is 0 Å². The van der Waals surface area contributed by atoms with Gasteiger partial charge in [0.15, 0.2) is 0 Å². The fourth-order valence-electron chi connectivity index (χ4n) is 1.96. The van der Waals surface area contributed by atoms with E-state index in [1.807, 2.05) is 0 Å². The quantitative estimate of drug-likeness (QED) is 0.114. The third-order valence-corrected chi connectivity index (χ3v) is 5.44. The van der Waals surface area contributed by atoms with Gasteiger partial charge in [0.25, 0.3) is 0 Å². The van der Waals surface area contributed by atoms with Crippen molar-refractivity contribution in [3.05, 3.63) is 24.8 Å². The van der Waals surface area contributed by atoms with Crippen LogP contribution in [0.2, 0.25) is 0 Å². The van der Waals surface area contributed by atoms with Gasteiger partial charge in [-0.15, -0.1) is 0 Å². The maximum atomic E-state index is 11.7. The van der Waals surface area contributed by atoms with Crippen molar-refractivity contribution in [2.24, 2.45) is 0 Å². The van der Waals surface area contributed by atoms with Crippen molar-refractivity contribution >= 4 is 41.7 Å². The number of amides is 3. The topological polar surface area (TPSA) is 97.0 Å². The molecule has 30 heavy (non-hydrogen) atoms. The summed E-state index contributed by atoms with van der Waals surface area (Å²) in [6.45, 7) is 7.47. The summed E-state index contributed by atoms with van der Waals surface area (Å²) in [5.74, 6) is 3.39. The lowest BCUT2D eigenvalue weighted by atomic mass is 10.4. The number of rotatable bonds is 21. The summed E-state index contributed by atoms with van der Waals surface area (Å²) in [6.07, 6.45) is 5.58. The molecule has 2 N–H and O–H groups in total. The zero-order valence-corrected chi connectivity index (χ0v) is 19.4. The van der Waals surface area contributed by atoms with Crippen molar-refractivity contribution in [2.45, 2.75) is 6.42 Å². The molecule has 0 heterocycles. The van der Waals surface area contributed by atoms with E-state index in [2.05, 4.69) is 17.2 Å². The van der Waals surface area contributed by atoms with E-state index in [4.69, 9.17) is 9.47 Å². The average molecular weight is 462 g/mol. The van der Waals surface area contributed by atoms with Crippen LogP contribution in [-0.4, -0.2) is 99.2 Å². The molecular formula is C20H35N3O5S2. The van der Waals surface area contributed by atoms with Gasteiger partial charge in [0, 0.05) is 62.2 Å². The predicted molar refractivity (Wildman–Crippen MR) is 125 cm³/mol. The summed E-state index contributed by atoms with van der Waals surface area (Å²) < 4.78 is 11.0. The lowest BCUT2D eigenvalue weighted by molar-refractivity contribution is -0.126. The summed E-state index contributed by atoms with van der Waals surface area (Å²) >= 11 is 3.51. The van der Waals surface area contributed by atoms with E-state index in [-0.39, 0.29) is 11.8 Å². The van der Waals surface area contributed by atoms with Crippen LogP contribution in [0.15, 0.2) is 24.8 Å². The first-order valence-corrected chi connectivity index (χ1v) is 12.2. The van der Waals surface area contributed by atoms with Crippen molar-refractivity contribution in [1.29, 1.82) is 0 Å². The van der Waals surface area contributed by atoms with E-state index in [1.54, 1.807) is 42.7 Å². The van der Waals surface area contributed by atoms with Gasteiger partial charge in [-0.1, -0.05) is 18.7 Å². The number of nitrogens with zero attached hydrogens (tertiary/aromatic N) is 1. The van der Waals surface area contributed by atoms with Gasteiger partial charge in [-0.25, -0.2) is 0 Å². The lowest BCUT2D eigenvalue weighted by Gasteiger charge is -2.15.